The molecular formula is C6H11FN2O4S. The van der Waals surface area contributed by atoms with Gasteiger partial charge in [0.2, 0.25) is 6.01 Å². The third-order valence-electron chi connectivity index (χ3n) is 1.76. The van der Waals surface area contributed by atoms with Gasteiger partial charge in [-0.3, -0.25) is 0 Å². The van der Waals surface area contributed by atoms with E-state index in [4.69, 9.17) is 0 Å². The van der Waals surface area contributed by atoms with E-state index in [9.17, 15) is 17.6 Å². The lowest BCUT2D eigenvalue weighted by Crippen LogP contribution is -2.36. The molecule has 0 spiro atoms. The third kappa shape index (κ3) is 3.11. The van der Waals surface area contributed by atoms with Gasteiger partial charge < -0.3 is 9.74 Å². The fourth-order valence-electron chi connectivity index (χ4n) is 1.09. The fraction of sp³-hybridized carbons (Fsp3) is 0.833. The molecule has 0 aromatic rings. The van der Waals surface area contributed by atoms with Crippen LogP contribution in [-0.4, -0.2) is 38.5 Å². The Balaban J connectivity index is 2.34. The van der Waals surface area contributed by atoms with Gasteiger partial charge in [-0.15, -0.1) is 0 Å². The Bertz CT molecular complexity index is 299. The normalized spacial score (nSPS) is 17.1. The Morgan fingerprint density at radius 3 is 2.50 bits per heavy atom. The molecule has 0 saturated carbocycles. The number of carbonyl (C=O) groups is 1. The number of amides is 1. The van der Waals surface area contributed by atoms with Crippen molar-refractivity contribution in [3.8, 4) is 0 Å². The topological polar surface area (TPSA) is 75.7 Å². The molecule has 8 heteroatoms. The average molecular weight is 226 g/mol. The molecule has 1 aliphatic rings. The Morgan fingerprint density at radius 2 is 2.00 bits per heavy atom. The summed E-state index contributed by atoms with van der Waals surface area (Å²) in [6.07, 6.45) is 0.940. The number of likely N-dealkylation sites (tertiary alicyclic amines) is 1. The Kier molecular flexibility index (Phi) is 3.64. The van der Waals surface area contributed by atoms with E-state index in [2.05, 4.69) is 4.84 Å². The van der Waals surface area contributed by atoms with Crippen LogP contribution in [0.4, 0.5) is 9.18 Å². The summed E-state index contributed by atoms with van der Waals surface area (Å²) in [5.74, 6) is 0. The van der Waals surface area contributed by atoms with Gasteiger partial charge in [-0.2, -0.15) is 0 Å². The molecule has 0 radical (unpaired) electrons. The molecule has 1 aliphatic heterocycles. The summed E-state index contributed by atoms with van der Waals surface area (Å²) < 4.78 is 32.8. The van der Waals surface area contributed by atoms with E-state index >= 15 is 0 Å². The van der Waals surface area contributed by atoms with Crippen LogP contribution in [0.25, 0.3) is 0 Å². The van der Waals surface area contributed by atoms with Gasteiger partial charge >= 0.3 is 6.09 Å². The van der Waals surface area contributed by atoms with Crippen molar-refractivity contribution in [3.63, 3.8) is 0 Å². The van der Waals surface area contributed by atoms with Gasteiger partial charge in [-0.05, 0) is 17.7 Å². The van der Waals surface area contributed by atoms with Gasteiger partial charge in [0.25, 0.3) is 10.0 Å². The summed E-state index contributed by atoms with van der Waals surface area (Å²) in [5.41, 5.74) is 0. The number of rotatable bonds is 3. The quantitative estimate of drug-likeness (QED) is 0.686. The number of carbonyl (C=O) groups excluding carboxylic acids is 1. The number of hydrogen-bond donors (Lipinski definition) is 1. The van der Waals surface area contributed by atoms with Crippen LogP contribution in [0.1, 0.15) is 12.8 Å². The van der Waals surface area contributed by atoms with E-state index in [1.165, 1.54) is 9.79 Å². The lowest BCUT2D eigenvalue weighted by atomic mass is 10.4. The summed E-state index contributed by atoms with van der Waals surface area (Å²) in [5, 5.41) is 0. The summed E-state index contributed by atoms with van der Waals surface area (Å²) in [4.78, 5) is 18.0. The molecule has 0 bridgehead atoms. The second-order valence-electron chi connectivity index (χ2n) is 2.87. The monoisotopic (exact) mass is 226 g/mol. The highest BCUT2D eigenvalue weighted by molar-refractivity contribution is 7.89. The standard InChI is InChI=1S/C6H11FN2O4S/c7-5-14(11,12)8-13-6(10)9-3-1-2-4-9/h8H,1-5H2. The van der Waals surface area contributed by atoms with E-state index in [0.717, 1.165) is 12.8 Å². The van der Waals surface area contributed by atoms with Crippen LogP contribution in [0, 0.1) is 0 Å². The molecule has 1 N–H and O–H groups in total. The van der Waals surface area contributed by atoms with Crippen molar-refractivity contribution in [1.82, 2.24) is 9.79 Å². The number of nitrogens with one attached hydrogen (secondary N) is 1. The van der Waals surface area contributed by atoms with Crippen LogP contribution < -0.4 is 4.89 Å². The van der Waals surface area contributed by atoms with Crippen LogP contribution in [-0.2, 0) is 14.9 Å². The molecule has 1 fully saturated rings. The van der Waals surface area contributed by atoms with E-state index in [-0.39, 0.29) is 0 Å². The number of halogens is 1. The largest absolute Gasteiger partial charge is 0.429 e. The minimum atomic E-state index is -4.13. The minimum Gasteiger partial charge on any atom is -0.338 e. The maximum Gasteiger partial charge on any atom is 0.429 e. The van der Waals surface area contributed by atoms with E-state index in [1.807, 2.05) is 0 Å². The third-order valence-corrected chi connectivity index (χ3v) is 2.39. The molecule has 1 saturated heterocycles. The summed E-state index contributed by atoms with van der Waals surface area (Å²) in [7, 11) is -4.13. The molecule has 1 rings (SSSR count). The van der Waals surface area contributed by atoms with Crippen LogP contribution in [0.2, 0.25) is 0 Å². The molecule has 1 amide bonds. The SMILES string of the molecule is O=C(ONS(=O)(=O)CF)N1CCCC1. The highest BCUT2D eigenvalue weighted by atomic mass is 32.2. The highest BCUT2D eigenvalue weighted by Crippen LogP contribution is 2.08. The number of hydrogen-bond acceptors (Lipinski definition) is 4. The van der Waals surface area contributed by atoms with Gasteiger partial charge in [0.05, 0.1) is 0 Å². The predicted octanol–water partition coefficient (Wildman–Crippen LogP) is -0.0198. The predicted molar refractivity (Wildman–Crippen MR) is 45.3 cm³/mol. The average Bonchev–Trinajstić information content (AvgIpc) is 2.67. The van der Waals surface area contributed by atoms with Crippen LogP contribution >= 0.6 is 0 Å². The van der Waals surface area contributed by atoms with Crippen LogP contribution in [0.5, 0.6) is 0 Å². The molecule has 82 valence electrons. The molecule has 1 heterocycles. The highest BCUT2D eigenvalue weighted by Gasteiger charge is 2.21. The van der Waals surface area contributed by atoms with Crippen LogP contribution in [0.3, 0.4) is 0 Å². The van der Waals surface area contributed by atoms with Gasteiger partial charge in [-0.25, -0.2) is 17.6 Å². The number of alkyl halides is 1. The summed E-state index contributed by atoms with van der Waals surface area (Å²) in [6.45, 7) is 1.08. The maximum absolute atomic E-state index is 11.7. The first-order chi connectivity index (χ1) is 6.55. The van der Waals surface area contributed by atoms with Gasteiger partial charge in [-0.1, -0.05) is 0 Å². The molecule has 0 unspecified atom stereocenters. The Labute approximate surface area is 81.0 Å². The van der Waals surface area contributed by atoms with Gasteiger partial charge in [0.15, 0.2) is 0 Å². The lowest BCUT2D eigenvalue weighted by molar-refractivity contribution is 0.0905. The van der Waals surface area contributed by atoms with Gasteiger partial charge in [0.1, 0.15) is 0 Å². The number of nitrogens with zero attached hydrogens (tertiary/aromatic N) is 1. The molecule has 0 aromatic carbocycles. The second-order valence-corrected chi connectivity index (χ2v) is 4.48. The van der Waals surface area contributed by atoms with Crippen molar-refractivity contribution in [2.45, 2.75) is 12.8 Å². The van der Waals surface area contributed by atoms with Gasteiger partial charge in [0, 0.05) is 13.1 Å². The van der Waals surface area contributed by atoms with Crippen molar-refractivity contribution in [1.29, 1.82) is 0 Å². The van der Waals surface area contributed by atoms with E-state index in [0.29, 0.717) is 13.1 Å². The van der Waals surface area contributed by atoms with Crippen molar-refractivity contribution in [2.24, 2.45) is 0 Å². The maximum atomic E-state index is 11.7. The number of sulfonamides is 1. The van der Waals surface area contributed by atoms with Crippen molar-refractivity contribution < 1.29 is 22.4 Å². The first-order valence-corrected chi connectivity index (χ1v) is 5.71. The molecule has 0 aliphatic carbocycles. The lowest BCUT2D eigenvalue weighted by Gasteiger charge is -2.13. The molecule has 0 atom stereocenters. The van der Waals surface area contributed by atoms with Crippen LogP contribution in [0.15, 0.2) is 0 Å². The van der Waals surface area contributed by atoms with Crippen molar-refractivity contribution in [2.75, 3.05) is 19.1 Å². The molecular weight excluding hydrogens is 215 g/mol. The Morgan fingerprint density at radius 1 is 1.43 bits per heavy atom. The summed E-state index contributed by atoms with van der Waals surface area (Å²) in [6, 6.07) is -1.61. The first-order valence-electron chi connectivity index (χ1n) is 4.06. The molecule has 14 heavy (non-hydrogen) atoms. The fourth-order valence-corrected chi connectivity index (χ4v) is 1.33. The van der Waals surface area contributed by atoms with Crippen molar-refractivity contribution in [3.05, 3.63) is 0 Å². The smallest absolute Gasteiger partial charge is 0.338 e. The first kappa shape index (κ1) is 11.2. The minimum absolute atomic E-state index is 0.538. The Hall–Kier alpha value is -0.890. The zero-order valence-corrected chi connectivity index (χ0v) is 8.22. The van der Waals surface area contributed by atoms with E-state index in [1.54, 1.807) is 0 Å². The summed E-state index contributed by atoms with van der Waals surface area (Å²) >= 11 is 0. The second kappa shape index (κ2) is 4.56. The van der Waals surface area contributed by atoms with E-state index < -0.39 is 22.1 Å². The zero-order valence-electron chi connectivity index (χ0n) is 7.40. The van der Waals surface area contributed by atoms with Crippen molar-refractivity contribution >= 4 is 16.1 Å². The molecule has 6 nitrogen and oxygen atoms in total. The zero-order chi connectivity index (χ0) is 10.6. The molecule has 0 aromatic heterocycles.